The van der Waals surface area contributed by atoms with Crippen LogP contribution in [0.1, 0.15) is 56.7 Å². The summed E-state index contributed by atoms with van der Waals surface area (Å²) in [7, 11) is 1.80. The number of benzene rings is 1. The summed E-state index contributed by atoms with van der Waals surface area (Å²) in [5, 5.41) is 4.08. The van der Waals surface area contributed by atoms with Gasteiger partial charge in [-0.2, -0.15) is 0 Å². The van der Waals surface area contributed by atoms with E-state index < -0.39 is 6.10 Å². The monoisotopic (exact) mass is 486 g/mol. The number of esters is 1. The van der Waals surface area contributed by atoms with Crippen molar-refractivity contribution in [2.75, 3.05) is 20.3 Å². The van der Waals surface area contributed by atoms with E-state index in [0.717, 1.165) is 36.8 Å². The zero-order chi connectivity index (χ0) is 24.8. The molecule has 9 heteroatoms. The fourth-order valence-electron chi connectivity index (χ4n) is 4.61. The third-order valence-electron chi connectivity index (χ3n) is 6.69. The van der Waals surface area contributed by atoms with E-state index >= 15 is 0 Å². The van der Waals surface area contributed by atoms with Crippen LogP contribution in [0.5, 0.6) is 5.75 Å². The molecule has 0 radical (unpaired) electrons. The van der Waals surface area contributed by atoms with Gasteiger partial charge < -0.3 is 28.4 Å². The molecular weight excluding hydrogens is 452 g/mol. The van der Waals surface area contributed by atoms with Crippen LogP contribution in [0.4, 0.5) is 4.79 Å². The van der Waals surface area contributed by atoms with Crippen LogP contribution >= 0.6 is 0 Å². The van der Waals surface area contributed by atoms with Gasteiger partial charge in [0.05, 0.1) is 24.5 Å². The van der Waals surface area contributed by atoms with Crippen molar-refractivity contribution in [3.05, 3.63) is 35.5 Å². The van der Waals surface area contributed by atoms with Gasteiger partial charge in [0.2, 0.25) is 0 Å². The second-order valence-electron chi connectivity index (χ2n) is 9.08. The summed E-state index contributed by atoms with van der Waals surface area (Å²) in [4.78, 5) is 26.2. The van der Waals surface area contributed by atoms with Crippen molar-refractivity contribution in [1.82, 2.24) is 10.1 Å². The van der Waals surface area contributed by atoms with Gasteiger partial charge >= 0.3 is 12.1 Å². The zero-order valence-corrected chi connectivity index (χ0v) is 20.7. The molecule has 1 aliphatic carbocycles. The van der Waals surface area contributed by atoms with Crippen molar-refractivity contribution >= 4 is 12.1 Å². The number of carbonyl (C=O) groups excluding carboxylic acids is 2. The third-order valence-corrected chi connectivity index (χ3v) is 6.69. The van der Waals surface area contributed by atoms with E-state index in [2.05, 4.69) is 5.16 Å². The molecule has 0 spiro atoms. The van der Waals surface area contributed by atoms with E-state index in [0.29, 0.717) is 43.3 Å². The van der Waals surface area contributed by atoms with Crippen LogP contribution in [0.2, 0.25) is 0 Å². The Hall–Kier alpha value is -3.07. The Kier molecular flexibility index (Phi) is 8.28. The third kappa shape index (κ3) is 6.14. The Morgan fingerprint density at radius 1 is 1.11 bits per heavy atom. The van der Waals surface area contributed by atoms with Crippen molar-refractivity contribution in [3.63, 3.8) is 0 Å². The van der Waals surface area contributed by atoms with E-state index in [4.69, 9.17) is 23.5 Å². The number of aromatic nitrogens is 1. The van der Waals surface area contributed by atoms with Crippen LogP contribution < -0.4 is 4.74 Å². The van der Waals surface area contributed by atoms with Gasteiger partial charge in [0.1, 0.15) is 18.5 Å². The molecule has 2 fully saturated rings. The zero-order valence-electron chi connectivity index (χ0n) is 20.7. The molecule has 9 nitrogen and oxygen atoms in total. The minimum Gasteiger partial charge on any atom is -0.490 e. The number of nitrogens with zero attached hydrogens (tertiary/aromatic N) is 2. The van der Waals surface area contributed by atoms with Crippen LogP contribution in [0.3, 0.4) is 0 Å². The second-order valence-corrected chi connectivity index (χ2v) is 9.08. The number of hydrogen-bond acceptors (Lipinski definition) is 8. The molecule has 1 aromatic carbocycles. The van der Waals surface area contributed by atoms with E-state index in [1.807, 2.05) is 31.2 Å². The predicted octanol–water partition coefficient (Wildman–Crippen LogP) is 4.65. The maximum atomic E-state index is 12.5. The van der Waals surface area contributed by atoms with Gasteiger partial charge in [-0.15, -0.1) is 0 Å². The van der Waals surface area contributed by atoms with Crippen LogP contribution in [0.15, 0.2) is 28.8 Å². The molecule has 2 aliphatic rings. The van der Waals surface area contributed by atoms with E-state index in [9.17, 15) is 9.59 Å². The lowest BCUT2D eigenvalue weighted by molar-refractivity contribution is -0.162. The smallest absolute Gasteiger partial charge is 0.410 e. The standard InChI is InChI=1S/C26H34N2O7/c1-4-31-25(29)23-15-21(13-14-32-23)34-20-11-9-18(10-12-20)24-22(17(2)27-35-24)16-33-26(30)28(3)19-7-5-6-8-19/h9-12,19,21,23H,4-8,13-16H2,1-3H3/t21-,23-/m0/s1. The van der Waals surface area contributed by atoms with Crippen LogP contribution in [-0.4, -0.2) is 60.6 Å². The van der Waals surface area contributed by atoms with Gasteiger partial charge in [0.25, 0.3) is 0 Å². The highest BCUT2D eigenvalue weighted by atomic mass is 16.6. The molecule has 2 atom stereocenters. The van der Waals surface area contributed by atoms with E-state index in [1.54, 1.807) is 18.9 Å². The molecule has 190 valence electrons. The first-order valence-corrected chi connectivity index (χ1v) is 12.4. The number of hydrogen-bond donors (Lipinski definition) is 0. The van der Waals surface area contributed by atoms with E-state index in [1.165, 1.54) is 0 Å². The Morgan fingerprint density at radius 3 is 2.57 bits per heavy atom. The maximum Gasteiger partial charge on any atom is 0.410 e. The molecule has 1 aliphatic heterocycles. The predicted molar refractivity (Wildman–Crippen MR) is 127 cm³/mol. The summed E-state index contributed by atoms with van der Waals surface area (Å²) < 4.78 is 27.8. The first-order valence-electron chi connectivity index (χ1n) is 12.4. The molecule has 2 aromatic rings. The lowest BCUT2D eigenvalue weighted by atomic mass is 10.1. The van der Waals surface area contributed by atoms with E-state index in [-0.39, 0.29) is 30.8 Å². The Balaban J connectivity index is 1.36. The van der Waals surface area contributed by atoms with Crippen molar-refractivity contribution in [3.8, 4) is 17.1 Å². The minimum atomic E-state index is -0.594. The average Bonchev–Trinajstić information content (AvgIpc) is 3.53. The lowest BCUT2D eigenvalue weighted by Crippen LogP contribution is -2.38. The first-order chi connectivity index (χ1) is 17.0. The molecule has 2 heterocycles. The Labute approximate surface area is 205 Å². The lowest BCUT2D eigenvalue weighted by Gasteiger charge is -2.28. The number of amides is 1. The van der Waals surface area contributed by atoms with Gasteiger partial charge in [0, 0.05) is 31.5 Å². The SMILES string of the molecule is CCOC(=O)[C@@H]1C[C@@H](Oc2ccc(-c3onc(C)c3COC(=O)N(C)C3CCCC3)cc2)CCO1. The molecule has 0 bridgehead atoms. The van der Waals surface area contributed by atoms with Gasteiger partial charge in [-0.3, -0.25) is 0 Å². The van der Waals surface area contributed by atoms with Crippen molar-refractivity contribution in [1.29, 1.82) is 0 Å². The van der Waals surface area contributed by atoms with Crippen LogP contribution in [-0.2, 0) is 25.6 Å². The first kappa shape index (κ1) is 25.0. The maximum absolute atomic E-state index is 12.5. The summed E-state index contributed by atoms with van der Waals surface area (Å²) in [5.41, 5.74) is 2.24. The summed E-state index contributed by atoms with van der Waals surface area (Å²) >= 11 is 0. The van der Waals surface area contributed by atoms with Crippen LogP contribution in [0, 0.1) is 6.92 Å². The average molecular weight is 487 g/mol. The summed E-state index contributed by atoms with van der Waals surface area (Å²) in [6.07, 6.45) is 4.44. The largest absolute Gasteiger partial charge is 0.490 e. The van der Waals surface area contributed by atoms with Crippen LogP contribution in [0.25, 0.3) is 11.3 Å². The fourth-order valence-corrected chi connectivity index (χ4v) is 4.61. The molecule has 1 aromatic heterocycles. The van der Waals surface area contributed by atoms with Gasteiger partial charge in [0.15, 0.2) is 11.9 Å². The van der Waals surface area contributed by atoms with Crippen molar-refractivity contribution in [2.24, 2.45) is 0 Å². The van der Waals surface area contributed by atoms with Gasteiger partial charge in [-0.05, 0) is 51.0 Å². The molecule has 1 saturated carbocycles. The molecule has 1 amide bonds. The summed E-state index contributed by atoms with van der Waals surface area (Å²) in [6, 6.07) is 7.72. The number of ether oxygens (including phenoxy) is 4. The molecule has 0 N–H and O–H groups in total. The molecule has 0 unspecified atom stereocenters. The number of rotatable bonds is 8. The highest BCUT2D eigenvalue weighted by molar-refractivity contribution is 5.74. The Bertz CT molecular complexity index is 998. The number of carbonyl (C=O) groups is 2. The topological polar surface area (TPSA) is 100 Å². The van der Waals surface area contributed by atoms with Crippen molar-refractivity contribution < 1.29 is 33.1 Å². The highest BCUT2D eigenvalue weighted by Crippen LogP contribution is 2.30. The molecular formula is C26H34N2O7. The second kappa shape index (κ2) is 11.6. The van der Waals surface area contributed by atoms with Gasteiger partial charge in [-0.1, -0.05) is 18.0 Å². The summed E-state index contributed by atoms with van der Waals surface area (Å²) in [6.45, 7) is 4.47. The fraction of sp³-hybridized carbons (Fsp3) is 0.577. The number of aryl methyl sites for hydroxylation is 1. The normalized spacial score (nSPS) is 20.4. The van der Waals surface area contributed by atoms with Gasteiger partial charge in [-0.25, -0.2) is 9.59 Å². The molecule has 35 heavy (non-hydrogen) atoms. The molecule has 1 saturated heterocycles. The quantitative estimate of drug-likeness (QED) is 0.497. The Morgan fingerprint density at radius 2 is 1.86 bits per heavy atom. The minimum absolute atomic E-state index is 0.0934. The summed E-state index contributed by atoms with van der Waals surface area (Å²) in [5.74, 6) is 0.906. The van der Waals surface area contributed by atoms with Crippen molar-refractivity contribution in [2.45, 2.75) is 77.2 Å². The molecule has 4 rings (SSSR count). The highest BCUT2D eigenvalue weighted by Gasteiger charge is 2.30.